The predicted molar refractivity (Wildman–Crippen MR) is 103 cm³/mol. The minimum atomic E-state index is -3.22. The number of nitrogens with one attached hydrogen (secondary N) is 1. The molecule has 0 radical (unpaired) electrons. The highest BCUT2D eigenvalue weighted by atomic mass is 32.2. The monoisotopic (exact) mass is 395 g/mol. The maximum Gasteiger partial charge on any atom is 0.308 e. The molecule has 7 heteroatoms. The Hall–Kier alpha value is -1.89. The van der Waals surface area contributed by atoms with E-state index >= 15 is 0 Å². The summed E-state index contributed by atoms with van der Waals surface area (Å²) in [4.78, 5) is 24.1. The van der Waals surface area contributed by atoms with Crippen molar-refractivity contribution in [2.24, 2.45) is 5.92 Å². The first-order chi connectivity index (χ1) is 12.8. The molecule has 1 aliphatic rings. The summed E-state index contributed by atoms with van der Waals surface area (Å²) in [6.07, 6.45) is 5.99. The van der Waals surface area contributed by atoms with Gasteiger partial charge in [-0.05, 0) is 37.0 Å². The van der Waals surface area contributed by atoms with Crippen LogP contribution in [-0.4, -0.2) is 37.2 Å². The number of carboxylic acids is 1. The Morgan fingerprint density at radius 2 is 1.70 bits per heavy atom. The molecule has 0 aromatic heterocycles. The Morgan fingerprint density at radius 1 is 1.07 bits per heavy atom. The quantitative estimate of drug-likeness (QED) is 0.739. The zero-order valence-electron chi connectivity index (χ0n) is 15.8. The fourth-order valence-electron chi connectivity index (χ4n) is 3.52. The fourth-order valence-corrected chi connectivity index (χ4v) is 4.40. The van der Waals surface area contributed by atoms with Crippen LogP contribution in [0.2, 0.25) is 0 Å². The molecule has 1 aromatic carbocycles. The summed E-state index contributed by atoms with van der Waals surface area (Å²) in [7, 11) is -3.22. The lowest BCUT2D eigenvalue weighted by atomic mass is 9.86. The van der Waals surface area contributed by atoms with Crippen LogP contribution in [0, 0.1) is 5.92 Å². The normalized spacial score (nSPS) is 21.1. The van der Waals surface area contributed by atoms with Gasteiger partial charge in [0.1, 0.15) is 0 Å². The summed E-state index contributed by atoms with van der Waals surface area (Å²) in [6, 6.07) is 6.28. The molecule has 1 amide bonds. The van der Waals surface area contributed by atoms with Crippen molar-refractivity contribution in [2.75, 3.05) is 5.75 Å². The highest BCUT2D eigenvalue weighted by molar-refractivity contribution is 7.91. The second kappa shape index (κ2) is 9.88. The molecule has 2 unspecified atom stereocenters. The highest BCUT2D eigenvalue weighted by Crippen LogP contribution is 2.23. The lowest BCUT2D eigenvalue weighted by Crippen LogP contribution is -2.44. The standard InChI is InChI=1S/C20H29NO5S/c1-2-27(25,26)16-12-9-15(10-13-16)11-14-19(22)21-18-8-6-4-3-5-7-17(18)20(23)24/h9-10,12-13,17-18H,2-8,11,14H2,1H3,(H,21,22)(H,23,24). The molecule has 0 spiro atoms. The maximum absolute atomic E-state index is 12.3. The number of hydrogen-bond acceptors (Lipinski definition) is 4. The van der Waals surface area contributed by atoms with Gasteiger partial charge in [-0.15, -0.1) is 0 Å². The van der Waals surface area contributed by atoms with Gasteiger partial charge in [-0.1, -0.05) is 44.7 Å². The molecule has 0 saturated heterocycles. The van der Waals surface area contributed by atoms with Gasteiger partial charge in [0.25, 0.3) is 0 Å². The number of carbonyl (C=O) groups is 2. The summed E-state index contributed by atoms with van der Waals surface area (Å²) in [5.74, 6) is -1.46. The van der Waals surface area contributed by atoms with E-state index in [1.165, 1.54) is 0 Å². The summed E-state index contributed by atoms with van der Waals surface area (Å²) in [6.45, 7) is 1.60. The molecule has 150 valence electrons. The van der Waals surface area contributed by atoms with E-state index in [9.17, 15) is 23.1 Å². The average Bonchev–Trinajstić information content (AvgIpc) is 2.62. The average molecular weight is 396 g/mol. The third kappa shape index (κ3) is 6.34. The Kier molecular flexibility index (Phi) is 7.83. The number of benzene rings is 1. The van der Waals surface area contributed by atoms with Gasteiger partial charge in [0.2, 0.25) is 5.91 Å². The number of sulfone groups is 1. The Balaban J connectivity index is 1.91. The van der Waals surface area contributed by atoms with Crippen molar-refractivity contribution in [3.05, 3.63) is 29.8 Å². The van der Waals surface area contributed by atoms with Gasteiger partial charge in [0.15, 0.2) is 9.84 Å². The second-order valence-electron chi connectivity index (χ2n) is 7.16. The first-order valence-electron chi connectivity index (χ1n) is 9.67. The van der Waals surface area contributed by atoms with Gasteiger partial charge in [-0.2, -0.15) is 0 Å². The molecule has 1 aliphatic carbocycles. The van der Waals surface area contributed by atoms with Crippen molar-refractivity contribution < 1.29 is 23.1 Å². The van der Waals surface area contributed by atoms with Crippen LogP contribution in [0.3, 0.4) is 0 Å². The molecular weight excluding hydrogens is 366 g/mol. The van der Waals surface area contributed by atoms with Gasteiger partial charge >= 0.3 is 5.97 Å². The summed E-state index contributed by atoms with van der Waals surface area (Å²) < 4.78 is 23.7. The molecule has 1 fully saturated rings. The van der Waals surface area contributed by atoms with Gasteiger partial charge in [-0.3, -0.25) is 9.59 Å². The Labute approximate surface area is 161 Å². The van der Waals surface area contributed by atoms with E-state index in [0.29, 0.717) is 19.3 Å². The molecule has 2 N–H and O–H groups in total. The lowest BCUT2D eigenvalue weighted by molar-refractivity contribution is -0.143. The molecule has 0 heterocycles. The van der Waals surface area contributed by atoms with E-state index in [2.05, 4.69) is 5.32 Å². The number of rotatable bonds is 7. The van der Waals surface area contributed by atoms with Crippen LogP contribution in [0.1, 0.15) is 57.4 Å². The molecule has 1 saturated carbocycles. The molecule has 27 heavy (non-hydrogen) atoms. The zero-order valence-corrected chi connectivity index (χ0v) is 16.6. The number of carbonyl (C=O) groups excluding carboxylic acids is 1. The van der Waals surface area contributed by atoms with Gasteiger partial charge in [0, 0.05) is 12.5 Å². The van der Waals surface area contributed by atoms with Crippen LogP contribution in [0.5, 0.6) is 0 Å². The van der Waals surface area contributed by atoms with E-state index < -0.39 is 21.7 Å². The SMILES string of the molecule is CCS(=O)(=O)c1ccc(CCC(=O)NC2CCCCCCC2C(=O)O)cc1. The predicted octanol–water partition coefficient (Wildman–Crippen LogP) is 2.95. The van der Waals surface area contributed by atoms with Crippen LogP contribution in [0.4, 0.5) is 0 Å². The molecule has 0 aliphatic heterocycles. The minimum absolute atomic E-state index is 0.0564. The third-order valence-electron chi connectivity index (χ3n) is 5.23. The van der Waals surface area contributed by atoms with E-state index in [-0.39, 0.29) is 29.0 Å². The first kappa shape index (κ1) is 21.4. The lowest BCUT2D eigenvalue weighted by Gasteiger charge is -2.27. The smallest absolute Gasteiger partial charge is 0.308 e. The number of amides is 1. The number of aliphatic carboxylic acids is 1. The molecule has 1 aromatic rings. The van der Waals surface area contributed by atoms with Crippen LogP contribution in [-0.2, 0) is 25.8 Å². The van der Waals surface area contributed by atoms with Gasteiger partial charge in [-0.25, -0.2) is 8.42 Å². The highest BCUT2D eigenvalue weighted by Gasteiger charge is 2.29. The summed E-state index contributed by atoms with van der Waals surface area (Å²) >= 11 is 0. The molecule has 0 bridgehead atoms. The second-order valence-corrected chi connectivity index (χ2v) is 9.44. The number of hydrogen-bond donors (Lipinski definition) is 2. The molecule has 6 nitrogen and oxygen atoms in total. The van der Waals surface area contributed by atoms with Crippen molar-refractivity contribution in [2.45, 2.75) is 69.2 Å². The fraction of sp³-hybridized carbons (Fsp3) is 0.600. The number of carboxylic acid groups (broad SMARTS) is 1. The van der Waals surface area contributed by atoms with Crippen LogP contribution in [0.25, 0.3) is 0 Å². The van der Waals surface area contributed by atoms with Crippen molar-refractivity contribution in [1.29, 1.82) is 0 Å². The largest absolute Gasteiger partial charge is 0.481 e. The summed E-state index contributed by atoms with van der Waals surface area (Å²) in [5.41, 5.74) is 0.882. The third-order valence-corrected chi connectivity index (χ3v) is 6.98. The number of aryl methyl sites for hydroxylation is 1. The van der Waals surface area contributed by atoms with Crippen LogP contribution < -0.4 is 5.32 Å². The molecule has 2 atom stereocenters. The topological polar surface area (TPSA) is 101 Å². The van der Waals surface area contributed by atoms with Crippen molar-refractivity contribution in [3.63, 3.8) is 0 Å². The zero-order chi connectivity index (χ0) is 19.9. The van der Waals surface area contributed by atoms with Crippen molar-refractivity contribution >= 4 is 21.7 Å². The first-order valence-corrected chi connectivity index (χ1v) is 11.3. The van der Waals surface area contributed by atoms with Crippen LogP contribution in [0.15, 0.2) is 29.2 Å². The van der Waals surface area contributed by atoms with E-state index in [4.69, 9.17) is 0 Å². The van der Waals surface area contributed by atoms with Crippen LogP contribution >= 0.6 is 0 Å². The van der Waals surface area contributed by atoms with E-state index in [1.807, 2.05) is 0 Å². The Bertz CT molecular complexity index is 742. The molecule has 2 rings (SSSR count). The Morgan fingerprint density at radius 3 is 2.30 bits per heavy atom. The van der Waals surface area contributed by atoms with E-state index in [1.54, 1.807) is 31.2 Å². The van der Waals surface area contributed by atoms with Gasteiger partial charge < -0.3 is 10.4 Å². The van der Waals surface area contributed by atoms with Crippen molar-refractivity contribution in [3.8, 4) is 0 Å². The maximum atomic E-state index is 12.3. The molecular formula is C20H29NO5S. The minimum Gasteiger partial charge on any atom is -0.481 e. The van der Waals surface area contributed by atoms with E-state index in [0.717, 1.165) is 31.2 Å². The van der Waals surface area contributed by atoms with Gasteiger partial charge in [0.05, 0.1) is 16.6 Å². The van der Waals surface area contributed by atoms with Crippen molar-refractivity contribution in [1.82, 2.24) is 5.32 Å². The summed E-state index contributed by atoms with van der Waals surface area (Å²) in [5, 5.41) is 12.4.